The zero-order valence-electron chi connectivity index (χ0n) is 15.6. The highest BCUT2D eigenvalue weighted by Crippen LogP contribution is 2.40. The van der Waals surface area contributed by atoms with Crippen LogP contribution in [0.15, 0.2) is 30.3 Å². The molecule has 2 aromatic carbocycles. The summed E-state index contributed by atoms with van der Waals surface area (Å²) < 4.78 is 22.1. The van der Waals surface area contributed by atoms with Gasteiger partial charge < -0.3 is 24.3 Å². The van der Waals surface area contributed by atoms with Gasteiger partial charge in [0.05, 0.1) is 28.4 Å². The molecule has 0 bridgehead atoms. The molecule has 1 N–H and O–H groups in total. The van der Waals surface area contributed by atoms with Gasteiger partial charge >= 0.3 is 0 Å². The quantitative estimate of drug-likeness (QED) is 0.831. The molecule has 3 rings (SSSR count). The van der Waals surface area contributed by atoms with Crippen LogP contribution in [0, 0.1) is 0 Å². The molecule has 26 heavy (non-hydrogen) atoms. The lowest BCUT2D eigenvalue weighted by Crippen LogP contribution is -2.31. The first-order valence-electron chi connectivity index (χ1n) is 8.40. The Kier molecular flexibility index (Phi) is 7.00. The van der Waals surface area contributed by atoms with E-state index in [1.54, 1.807) is 28.4 Å². The van der Waals surface area contributed by atoms with E-state index in [0.29, 0.717) is 0 Å². The van der Waals surface area contributed by atoms with Gasteiger partial charge in [0.25, 0.3) is 0 Å². The Morgan fingerprint density at radius 1 is 0.885 bits per heavy atom. The van der Waals surface area contributed by atoms with Crippen molar-refractivity contribution in [3.05, 3.63) is 47.0 Å². The lowest BCUT2D eigenvalue weighted by molar-refractivity contribution is 0.344. The van der Waals surface area contributed by atoms with Gasteiger partial charge in [-0.25, -0.2) is 0 Å². The van der Waals surface area contributed by atoms with Crippen molar-refractivity contribution in [2.75, 3.05) is 35.0 Å². The Bertz CT molecular complexity index is 751. The summed E-state index contributed by atoms with van der Waals surface area (Å²) in [5.41, 5.74) is 3.57. The van der Waals surface area contributed by atoms with E-state index in [0.717, 1.165) is 47.9 Å². The van der Waals surface area contributed by atoms with Gasteiger partial charge in [-0.2, -0.15) is 0 Å². The second kappa shape index (κ2) is 9.01. The Morgan fingerprint density at radius 3 is 2.23 bits per heavy atom. The van der Waals surface area contributed by atoms with Crippen LogP contribution in [0.5, 0.6) is 23.0 Å². The van der Waals surface area contributed by atoms with E-state index in [1.165, 1.54) is 11.1 Å². The van der Waals surface area contributed by atoms with Crippen molar-refractivity contribution >= 4 is 12.4 Å². The number of ether oxygens (including phenoxy) is 4. The van der Waals surface area contributed by atoms with Crippen LogP contribution < -0.4 is 24.3 Å². The second-order valence-electron chi connectivity index (χ2n) is 5.98. The van der Waals surface area contributed by atoms with Crippen LogP contribution in [0.1, 0.15) is 22.7 Å². The molecule has 0 saturated heterocycles. The van der Waals surface area contributed by atoms with Crippen molar-refractivity contribution in [2.45, 2.75) is 18.9 Å². The van der Waals surface area contributed by atoms with Crippen molar-refractivity contribution in [1.29, 1.82) is 0 Å². The molecule has 2 aromatic rings. The molecule has 0 aliphatic carbocycles. The number of hydrogen-bond acceptors (Lipinski definition) is 5. The van der Waals surface area contributed by atoms with Crippen molar-refractivity contribution < 1.29 is 18.9 Å². The summed E-state index contributed by atoms with van der Waals surface area (Å²) in [6, 6.07) is 10.3. The molecule has 1 unspecified atom stereocenters. The van der Waals surface area contributed by atoms with E-state index in [-0.39, 0.29) is 18.4 Å². The van der Waals surface area contributed by atoms with Crippen molar-refractivity contribution in [3.63, 3.8) is 0 Å². The Morgan fingerprint density at radius 2 is 1.58 bits per heavy atom. The molecule has 0 spiro atoms. The van der Waals surface area contributed by atoms with Crippen LogP contribution in [-0.2, 0) is 12.8 Å². The van der Waals surface area contributed by atoms with Gasteiger partial charge in [-0.05, 0) is 42.6 Å². The normalized spacial score (nSPS) is 15.5. The number of benzene rings is 2. The fourth-order valence-electron chi connectivity index (χ4n) is 3.59. The minimum absolute atomic E-state index is 0. The zero-order valence-corrected chi connectivity index (χ0v) is 16.4. The van der Waals surface area contributed by atoms with Crippen LogP contribution in [0.2, 0.25) is 0 Å². The monoisotopic (exact) mass is 379 g/mol. The van der Waals surface area contributed by atoms with E-state index in [1.807, 2.05) is 18.2 Å². The van der Waals surface area contributed by atoms with E-state index in [2.05, 4.69) is 17.4 Å². The molecule has 0 fully saturated rings. The lowest BCUT2D eigenvalue weighted by atomic mass is 9.89. The maximum atomic E-state index is 5.62. The summed E-state index contributed by atoms with van der Waals surface area (Å²) in [5.74, 6) is 3.16. The smallest absolute Gasteiger partial charge is 0.164 e. The fraction of sp³-hybridized carbons (Fsp3) is 0.400. The lowest BCUT2D eigenvalue weighted by Gasteiger charge is -2.29. The molecule has 1 heterocycles. The van der Waals surface area contributed by atoms with Crippen LogP contribution in [0.3, 0.4) is 0 Å². The highest BCUT2D eigenvalue weighted by molar-refractivity contribution is 5.85. The molecular formula is C20H26ClNO4. The fourth-order valence-corrected chi connectivity index (χ4v) is 3.59. The first-order chi connectivity index (χ1) is 12.2. The van der Waals surface area contributed by atoms with Gasteiger partial charge in [0.2, 0.25) is 0 Å². The number of rotatable bonds is 6. The molecule has 0 saturated carbocycles. The summed E-state index contributed by atoms with van der Waals surface area (Å²) in [5, 5.41) is 3.61. The van der Waals surface area contributed by atoms with Crippen molar-refractivity contribution in [2.24, 2.45) is 0 Å². The van der Waals surface area contributed by atoms with Gasteiger partial charge in [0.1, 0.15) is 0 Å². The van der Waals surface area contributed by atoms with Crippen LogP contribution in [0.4, 0.5) is 0 Å². The predicted molar refractivity (Wildman–Crippen MR) is 104 cm³/mol. The minimum atomic E-state index is 0. The molecule has 0 radical (unpaired) electrons. The van der Waals surface area contributed by atoms with Gasteiger partial charge in [-0.3, -0.25) is 0 Å². The average Bonchev–Trinajstić information content (AvgIpc) is 2.66. The molecule has 5 nitrogen and oxygen atoms in total. The maximum Gasteiger partial charge on any atom is 0.164 e. The number of nitrogens with one attached hydrogen (secondary N) is 1. The summed E-state index contributed by atoms with van der Waals surface area (Å²) >= 11 is 0. The van der Waals surface area contributed by atoms with Crippen LogP contribution in [-0.4, -0.2) is 35.0 Å². The van der Waals surface area contributed by atoms with Gasteiger partial charge in [0.15, 0.2) is 23.0 Å². The first-order valence-corrected chi connectivity index (χ1v) is 8.40. The number of hydrogen-bond donors (Lipinski definition) is 1. The van der Waals surface area contributed by atoms with Gasteiger partial charge in [0, 0.05) is 11.6 Å². The third-order valence-electron chi connectivity index (χ3n) is 4.73. The van der Waals surface area contributed by atoms with E-state index < -0.39 is 0 Å². The Labute approximate surface area is 161 Å². The highest BCUT2D eigenvalue weighted by atomic mass is 35.5. The first kappa shape index (κ1) is 20.2. The van der Waals surface area contributed by atoms with Gasteiger partial charge in [-0.1, -0.05) is 18.2 Å². The number of fused-ring (bicyclic) bond motifs is 1. The molecule has 1 atom stereocenters. The minimum Gasteiger partial charge on any atom is -0.493 e. The Balaban J connectivity index is 0.00000243. The maximum absolute atomic E-state index is 5.62. The Hall–Kier alpha value is -2.11. The number of para-hydroxylation sites is 1. The largest absolute Gasteiger partial charge is 0.493 e. The van der Waals surface area contributed by atoms with Crippen LogP contribution in [0.25, 0.3) is 0 Å². The molecule has 1 aliphatic heterocycles. The number of halogens is 1. The molecule has 142 valence electrons. The zero-order chi connectivity index (χ0) is 17.8. The topological polar surface area (TPSA) is 49.0 Å². The molecule has 1 aliphatic rings. The molecule has 0 aromatic heterocycles. The summed E-state index contributed by atoms with van der Waals surface area (Å²) in [4.78, 5) is 0. The van der Waals surface area contributed by atoms with Crippen molar-refractivity contribution in [3.8, 4) is 23.0 Å². The van der Waals surface area contributed by atoms with Crippen molar-refractivity contribution in [1.82, 2.24) is 5.32 Å². The highest BCUT2D eigenvalue weighted by Gasteiger charge is 2.26. The summed E-state index contributed by atoms with van der Waals surface area (Å²) in [6.07, 6.45) is 1.73. The SMILES string of the molecule is COc1cccc(CC2NCCc3c2ccc(OC)c3OC)c1OC.Cl. The van der Waals surface area contributed by atoms with E-state index >= 15 is 0 Å². The predicted octanol–water partition coefficient (Wildman–Crippen LogP) is 3.57. The third-order valence-corrected chi connectivity index (χ3v) is 4.73. The summed E-state index contributed by atoms with van der Waals surface area (Å²) in [6.45, 7) is 0.896. The number of methoxy groups -OCH3 is 4. The third kappa shape index (κ3) is 3.69. The molecule has 0 amide bonds. The van der Waals surface area contributed by atoms with Crippen LogP contribution >= 0.6 is 12.4 Å². The standard InChI is InChI=1S/C20H25NO4.ClH/c1-22-17-7-5-6-13(19(17)24-3)12-16-14-8-9-18(23-2)20(25-4)15(14)10-11-21-16;/h5-9,16,21H,10-12H2,1-4H3;1H. The van der Waals surface area contributed by atoms with Gasteiger partial charge in [-0.15, -0.1) is 12.4 Å². The second-order valence-corrected chi connectivity index (χ2v) is 5.98. The summed E-state index contributed by atoms with van der Waals surface area (Å²) in [7, 11) is 6.70. The van der Waals surface area contributed by atoms with E-state index in [9.17, 15) is 0 Å². The average molecular weight is 380 g/mol. The van der Waals surface area contributed by atoms with E-state index in [4.69, 9.17) is 18.9 Å². The molecular weight excluding hydrogens is 354 g/mol. The molecule has 6 heteroatoms.